The molecule has 0 saturated carbocycles. The maximum absolute atomic E-state index is 12.5. The topological polar surface area (TPSA) is 81.8 Å². The molecule has 164 valence electrons. The van der Waals surface area contributed by atoms with Crippen molar-refractivity contribution in [2.45, 2.75) is 26.7 Å². The first-order chi connectivity index (χ1) is 15.0. The van der Waals surface area contributed by atoms with Crippen LogP contribution in [0, 0.1) is 0 Å². The standard InChI is InChI=1S/C24H30N4O3/c1-3-27(4-2)23(30)18-10-12-20(13-11-18)25-17-22(29)26-21-9-7-8-19(16-21)24(31)28-14-5-6-15-28/h7-13,16,25H,3-6,14-15,17H2,1-2H3,(H,26,29). The molecule has 0 aromatic heterocycles. The molecule has 1 fully saturated rings. The Balaban J connectivity index is 1.53. The Morgan fingerprint density at radius 3 is 2.23 bits per heavy atom. The Morgan fingerprint density at radius 2 is 1.58 bits per heavy atom. The number of benzene rings is 2. The summed E-state index contributed by atoms with van der Waals surface area (Å²) in [5.41, 5.74) is 2.56. The number of nitrogens with zero attached hydrogens (tertiary/aromatic N) is 2. The summed E-state index contributed by atoms with van der Waals surface area (Å²) < 4.78 is 0. The normalized spacial score (nSPS) is 13.0. The van der Waals surface area contributed by atoms with Crippen LogP contribution in [0.25, 0.3) is 0 Å². The van der Waals surface area contributed by atoms with Crippen LogP contribution in [-0.2, 0) is 4.79 Å². The summed E-state index contributed by atoms with van der Waals surface area (Å²) in [5.74, 6) is -0.210. The summed E-state index contributed by atoms with van der Waals surface area (Å²) in [5, 5.41) is 5.88. The largest absolute Gasteiger partial charge is 0.376 e. The number of hydrogen-bond donors (Lipinski definition) is 2. The van der Waals surface area contributed by atoms with Gasteiger partial charge in [-0.1, -0.05) is 6.07 Å². The molecule has 1 heterocycles. The average Bonchev–Trinajstić information content (AvgIpc) is 3.33. The molecule has 7 heteroatoms. The number of carbonyl (C=O) groups excluding carboxylic acids is 3. The second kappa shape index (κ2) is 10.6. The van der Waals surface area contributed by atoms with Crippen LogP contribution in [0.1, 0.15) is 47.4 Å². The Kier molecular flexibility index (Phi) is 7.65. The van der Waals surface area contributed by atoms with Gasteiger partial charge in [0.05, 0.1) is 6.54 Å². The minimum absolute atomic E-state index is 0.00217. The van der Waals surface area contributed by atoms with Crippen molar-refractivity contribution in [3.8, 4) is 0 Å². The van der Waals surface area contributed by atoms with Gasteiger partial charge in [-0.2, -0.15) is 0 Å². The van der Waals surface area contributed by atoms with Gasteiger partial charge in [0.15, 0.2) is 0 Å². The van der Waals surface area contributed by atoms with E-state index in [1.165, 1.54) is 0 Å². The van der Waals surface area contributed by atoms with Crippen LogP contribution in [-0.4, -0.2) is 60.2 Å². The van der Waals surface area contributed by atoms with Crippen molar-refractivity contribution in [1.29, 1.82) is 0 Å². The van der Waals surface area contributed by atoms with Crippen molar-refractivity contribution in [3.05, 3.63) is 59.7 Å². The first-order valence-electron chi connectivity index (χ1n) is 10.8. The Labute approximate surface area is 183 Å². The minimum atomic E-state index is -0.214. The third kappa shape index (κ3) is 5.84. The number of nitrogens with one attached hydrogen (secondary N) is 2. The lowest BCUT2D eigenvalue weighted by Crippen LogP contribution is -2.30. The lowest BCUT2D eigenvalue weighted by atomic mass is 10.1. The summed E-state index contributed by atoms with van der Waals surface area (Å²) in [6.07, 6.45) is 2.08. The average molecular weight is 423 g/mol. The number of carbonyl (C=O) groups is 3. The molecule has 31 heavy (non-hydrogen) atoms. The summed E-state index contributed by atoms with van der Waals surface area (Å²) in [6.45, 7) is 6.90. The maximum atomic E-state index is 12.5. The number of amides is 3. The molecule has 1 saturated heterocycles. The minimum Gasteiger partial charge on any atom is -0.376 e. The van der Waals surface area contributed by atoms with Gasteiger partial charge in [-0.3, -0.25) is 14.4 Å². The van der Waals surface area contributed by atoms with E-state index in [1.807, 2.05) is 18.7 Å². The lowest BCUT2D eigenvalue weighted by molar-refractivity contribution is -0.114. The third-order valence-electron chi connectivity index (χ3n) is 5.42. The van der Waals surface area contributed by atoms with E-state index in [2.05, 4.69) is 10.6 Å². The highest BCUT2D eigenvalue weighted by Crippen LogP contribution is 2.17. The molecule has 2 aromatic rings. The van der Waals surface area contributed by atoms with Crippen LogP contribution < -0.4 is 10.6 Å². The van der Waals surface area contributed by atoms with Crippen molar-refractivity contribution >= 4 is 29.1 Å². The molecule has 1 aliphatic rings. The van der Waals surface area contributed by atoms with Gasteiger partial charge in [-0.25, -0.2) is 0 Å². The zero-order valence-corrected chi connectivity index (χ0v) is 18.2. The van der Waals surface area contributed by atoms with Crippen molar-refractivity contribution < 1.29 is 14.4 Å². The smallest absolute Gasteiger partial charge is 0.253 e. The summed E-state index contributed by atoms with van der Waals surface area (Å²) >= 11 is 0. The van der Waals surface area contributed by atoms with Crippen LogP contribution >= 0.6 is 0 Å². The van der Waals surface area contributed by atoms with Gasteiger partial charge in [0.1, 0.15) is 0 Å². The van der Waals surface area contributed by atoms with E-state index in [4.69, 9.17) is 0 Å². The first kappa shape index (κ1) is 22.3. The fourth-order valence-corrected chi connectivity index (χ4v) is 3.64. The zero-order valence-electron chi connectivity index (χ0n) is 18.2. The second-order valence-electron chi connectivity index (χ2n) is 7.54. The van der Waals surface area contributed by atoms with Gasteiger partial charge in [0.2, 0.25) is 5.91 Å². The quantitative estimate of drug-likeness (QED) is 0.683. The molecule has 3 amide bonds. The Hall–Kier alpha value is -3.35. The molecule has 0 spiro atoms. The third-order valence-corrected chi connectivity index (χ3v) is 5.42. The molecule has 2 N–H and O–H groups in total. The Morgan fingerprint density at radius 1 is 0.903 bits per heavy atom. The predicted molar refractivity (Wildman–Crippen MR) is 122 cm³/mol. The van der Waals surface area contributed by atoms with Crippen LogP contribution in [0.3, 0.4) is 0 Å². The van der Waals surface area contributed by atoms with Crippen LogP contribution in [0.5, 0.6) is 0 Å². The van der Waals surface area contributed by atoms with Gasteiger partial charge >= 0.3 is 0 Å². The van der Waals surface area contributed by atoms with Gasteiger partial charge in [0.25, 0.3) is 11.8 Å². The van der Waals surface area contributed by atoms with Crippen LogP contribution in [0.2, 0.25) is 0 Å². The van der Waals surface area contributed by atoms with E-state index >= 15 is 0 Å². The highest BCUT2D eigenvalue weighted by atomic mass is 16.2. The van der Waals surface area contributed by atoms with Crippen molar-refractivity contribution in [3.63, 3.8) is 0 Å². The highest BCUT2D eigenvalue weighted by molar-refractivity contribution is 5.98. The van der Waals surface area contributed by atoms with E-state index in [0.29, 0.717) is 29.9 Å². The van der Waals surface area contributed by atoms with Gasteiger partial charge in [-0.05, 0) is 69.2 Å². The molecule has 0 atom stereocenters. The summed E-state index contributed by atoms with van der Waals surface area (Å²) in [6, 6.07) is 14.1. The van der Waals surface area contributed by atoms with E-state index in [1.54, 1.807) is 53.4 Å². The molecule has 7 nitrogen and oxygen atoms in total. The number of anilines is 2. The fourth-order valence-electron chi connectivity index (χ4n) is 3.64. The van der Waals surface area contributed by atoms with Crippen molar-refractivity contribution in [2.24, 2.45) is 0 Å². The molecule has 0 unspecified atom stereocenters. The molecule has 0 bridgehead atoms. The summed E-state index contributed by atoms with van der Waals surface area (Å²) in [4.78, 5) is 40.8. The molecule has 0 radical (unpaired) electrons. The monoisotopic (exact) mass is 422 g/mol. The molecule has 3 rings (SSSR count). The number of rotatable bonds is 8. The molecule has 0 aliphatic carbocycles. The summed E-state index contributed by atoms with van der Waals surface area (Å²) in [7, 11) is 0. The first-order valence-corrected chi connectivity index (χ1v) is 10.8. The lowest BCUT2D eigenvalue weighted by Gasteiger charge is -2.18. The highest BCUT2D eigenvalue weighted by Gasteiger charge is 2.19. The van der Waals surface area contributed by atoms with Gasteiger partial charge in [0, 0.05) is 48.7 Å². The SMILES string of the molecule is CCN(CC)C(=O)c1ccc(NCC(=O)Nc2cccc(C(=O)N3CCCC3)c2)cc1. The Bertz CT molecular complexity index is 917. The predicted octanol–water partition coefficient (Wildman–Crippen LogP) is 3.46. The zero-order chi connectivity index (χ0) is 22.2. The molecular weight excluding hydrogens is 392 g/mol. The molecule has 2 aromatic carbocycles. The molecule has 1 aliphatic heterocycles. The van der Waals surface area contributed by atoms with E-state index < -0.39 is 0 Å². The van der Waals surface area contributed by atoms with Gasteiger partial charge in [-0.15, -0.1) is 0 Å². The van der Waals surface area contributed by atoms with Crippen molar-refractivity contribution in [1.82, 2.24) is 9.80 Å². The van der Waals surface area contributed by atoms with Crippen LogP contribution in [0.4, 0.5) is 11.4 Å². The van der Waals surface area contributed by atoms with Crippen LogP contribution in [0.15, 0.2) is 48.5 Å². The molecular formula is C24H30N4O3. The van der Waals surface area contributed by atoms with Crippen molar-refractivity contribution in [2.75, 3.05) is 43.4 Å². The van der Waals surface area contributed by atoms with E-state index in [0.717, 1.165) is 31.6 Å². The number of hydrogen-bond acceptors (Lipinski definition) is 4. The fraction of sp³-hybridized carbons (Fsp3) is 0.375. The second-order valence-corrected chi connectivity index (χ2v) is 7.54. The van der Waals surface area contributed by atoms with E-state index in [-0.39, 0.29) is 24.3 Å². The number of likely N-dealkylation sites (tertiary alicyclic amines) is 1. The maximum Gasteiger partial charge on any atom is 0.253 e. The van der Waals surface area contributed by atoms with E-state index in [9.17, 15) is 14.4 Å². The van der Waals surface area contributed by atoms with Gasteiger partial charge < -0.3 is 20.4 Å².